The molecule has 6 heteroatoms. The van der Waals surface area contributed by atoms with Gasteiger partial charge in [0.05, 0.1) is 11.9 Å². The van der Waals surface area contributed by atoms with E-state index in [0.717, 1.165) is 36.6 Å². The van der Waals surface area contributed by atoms with Crippen molar-refractivity contribution in [1.29, 1.82) is 0 Å². The summed E-state index contributed by atoms with van der Waals surface area (Å²) in [5.41, 5.74) is 3.50. The van der Waals surface area contributed by atoms with Crippen LogP contribution in [0.4, 0.5) is 5.82 Å². The molecule has 5 nitrogen and oxygen atoms in total. The van der Waals surface area contributed by atoms with Gasteiger partial charge in [0.25, 0.3) is 0 Å². The summed E-state index contributed by atoms with van der Waals surface area (Å²) in [6.45, 7) is 8.04. The second kappa shape index (κ2) is 6.61. The quantitative estimate of drug-likeness (QED) is 0.918. The van der Waals surface area contributed by atoms with Gasteiger partial charge in [-0.15, -0.1) is 12.4 Å². The molecule has 0 aromatic carbocycles. The zero-order valence-corrected chi connectivity index (χ0v) is 12.8. The van der Waals surface area contributed by atoms with E-state index >= 15 is 0 Å². The summed E-state index contributed by atoms with van der Waals surface area (Å²) in [5, 5.41) is 12.1. The molecule has 0 saturated carbocycles. The van der Waals surface area contributed by atoms with Crippen molar-refractivity contribution in [1.82, 2.24) is 19.6 Å². The maximum atomic E-state index is 4.50. The fraction of sp³-hybridized carbons (Fsp3) is 0.538. The van der Waals surface area contributed by atoms with Crippen LogP contribution in [0.3, 0.4) is 0 Å². The zero-order chi connectivity index (χ0) is 13.1. The number of rotatable bonds is 5. The van der Waals surface area contributed by atoms with Crippen molar-refractivity contribution in [3.05, 3.63) is 29.2 Å². The molecule has 0 atom stereocenters. The molecule has 0 radical (unpaired) electrons. The van der Waals surface area contributed by atoms with Crippen LogP contribution in [-0.2, 0) is 20.1 Å². The minimum Gasteiger partial charge on any atom is -0.366 e. The minimum absolute atomic E-state index is 0. The number of halogens is 1. The second-order valence-corrected chi connectivity index (χ2v) is 4.66. The van der Waals surface area contributed by atoms with Crippen molar-refractivity contribution in [3.63, 3.8) is 0 Å². The van der Waals surface area contributed by atoms with E-state index in [9.17, 15) is 0 Å². The molecule has 0 bridgehead atoms. The molecule has 0 unspecified atom stereocenters. The first-order chi connectivity index (χ1) is 8.61. The van der Waals surface area contributed by atoms with E-state index in [-0.39, 0.29) is 12.4 Å². The summed E-state index contributed by atoms with van der Waals surface area (Å²) in [7, 11) is 1.95. The molecule has 0 aliphatic rings. The largest absolute Gasteiger partial charge is 0.366 e. The molecular formula is C13H22ClN5. The van der Waals surface area contributed by atoms with E-state index in [1.165, 1.54) is 5.56 Å². The third-order valence-electron chi connectivity index (χ3n) is 3.07. The Morgan fingerprint density at radius 1 is 1.32 bits per heavy atom. The van der Waals surface area contributed by atoms with E-state index in [1.807, 2.05) is 22.6 Å². The molecule has 0 fully saturated rings. The van der Waals surface area contributed by atoms with Gasteiger partial charge in [-0.3, -0.25) is 9.36 Å². The lowest BCUT2D eigenvalue weighted by molar-refractivity contribution is 0.598. The third kappa shape index (κ3) is 3.50. The Labute approximate surface area is 120 Å². The van der Waals surface area contributed by atoms with Gasteiger partial charge < -0.3 is 5.32 Å². The van der Waals surface area contributed by atoms with Crippen LogP contribution in [0.15, 0.2) is 12.4 Å². The minimum atomic E-state index is 0. The Hall–Kier alpha value is -1.49. The van der Waals surface area contributed by atoms with Crippen LogP contribution in [0.2, 0.25) is 0 Å². The Bertz CT molecular complexity index is 510. The van der Waals surface area contributed by atoms with Crippen molar-refractivity contribution < 1.29 is 0 Å². The first-order valence-electron chi connectivity index (χ1n) is 6.37. The first-order valence-corrected chi connectivity index (χ1v) is 6.37. The van der Waals surface area contributed by atoms with Gasteiger partial charge in [0, 0.05) is 37.5 Å². The second-order valence-electron chi connectivity index (χ2n) is 4.66. The van der Waals surface area contributed by atoms with Crippen LogP contribution in [0, 0.1) is 13.8 Å². The van der Waals surface area contributed by atoms with E-state index in [1.54, 1.807) is 0 Å². The summed E-state index contributed by atoms with van der Waals surface area (Å²) >= 11 is 0. The molecule has 0 aliphatic heterocycles. The standard InChI is InChI=1S/C13H21N5.ClH/c1-5-6-18-9-12(11(3)16-18)8-14-13-10(2)7-15-17(13)4;/h7,9,14H,5-6,8H2,1-4H3;1H. The van der Waals surface area contributed by atoms with Crippen LogP contribution in [0.5, 0.6) is 0 Å². The molecule has 2 rings (SSSR count). The molecule has 2 heterocycles. The summed E-state index contributed by atoms with van der Waals surface area (Å²) in [5.74, 6) is 1.07. The Morgan fingerprint density at radius 3 is 2.63 bits per heavy atom. The SMILES string of the molecule is CCCn1cc(CNc2c(C)cnn2C)c(C)n1.Cl. The lowest BCUT2D eigenvalue weighted by Crippen LogP contribution is -2.06. The summed E-state index contributed by atoms with van der Waals surface area (Å²) in [4.78, 5) is 0. The number of nitrogens with one attached hydrogen (secondary N) is 1. The van der Waals surface area contributed by atoms with Gasteiger partial charge in [0.15, 0.2) is 0 Å². The smallest absolute Gasteiger partial charge is 0.127 e. The van der Waals surface area contributed by atoms with Crippen molar-refractivity contribution in [2.75, 3.05) is 5.32 Å². The van der Waals surface area contributed by atoms with Gasteiger partial charge in [-0.2, -0.15) is 10.2 Å². The molecule has 0 saturated heterocycles. The van der Waals surface area contributed by atoms with Gasteiger partial charge in [-0.25, -0.2) is 0 Å². The highest BCUT2D eigenvalue weighted by molar-refractivity contribution is 5.85. The average molecular weight is 284 g/mol. The highest BCUT2D eigenvalue weighted by Gasteiger charge is 2.07. The van der Waals surface area contributed by atoms with Gasteiger partial charge >= 0.3 is 0 Å². The van der Waals surface area contributed by atoms with Crippen LogP contribution >= 0.6 is 12.4 Å². The summed E-state index contributed by atoms with van der Waals surface area (Å²) in [6.07, 6.45) is 5.10. The number of aryl methyl sites for hydroxylation is 4. The van der Waals surface area contributed by atoms with Crippen molar-refractivity contribution in [2.45, 2.75) is 40.3 Å². The van der Waals surface area contributed by atoms with Gasteiger partial charge in [-0.1, -0.05) is 6.92 Å². The van der Waals surface area contributed by atoms with Gasteiger partial charge in [0.1, 0.15) is 5.82 Å². The molecule has 0 aliphatic carbocycles. The molecule has 0 amide bonds. The van der Waals surface area contributed by atoms with Crippen LogP contribution < -0.4 is 5.32 Å². The summed E-state index contributed by atoms with van der Waals surface area (Å²) in [6, 6.07) is 0. The van der Waals surface area contributed by atoms with Crippen LogP contribution in [-0.4, -0.2) is 19.6 Å². The van der Waals surface area contributed by atoms with Gasteiger partial charge in [0.2, 0.25) is 0 Å². The van der Waals surface area contributed by atoms with Crippen molar-refractivity contribution >= 4 is 18.2 Å². The molecule has 0 spiro atoms. The van der Waals surface area contributed by atoms with Crippen LogP contribution in [0.25, 0.3) is 0 Å². The molecular weight excluding hydrogens is 262 g/mol. The molecule has 2 aromatic rings. The van der Waals surface area contributed by atoms with E-state index in [4.69, 9.17) is 0 Å². The van der Waals surface area contributed by atoms with E-state index in [0.29, 0.717) is 0 Å². The fourth-order valence-electron chi connectivity index (χ4n) is 2.06. The number of aromatic nitrogens is 4. The monoisotopic (exact) mass is 283 g/mol. The van der Waals surface area contributed by atoms with Crippen LogP contribution in [0.1, 0.15) is 30.2 Å². The third-order valence-corrected chi connectivity index (χ3v) is 3.07. The Morgan fingerprint density at radius 2 is 2.05 bits per heavy atom. The average Bonchev–Trinajstić information content (AvgIpc) is 2.82. The molecule has 1 N–H and O–H groups in total. The highest BCUT2D eigenvalue weighted by Crippen LogP contribution is 2.14. The zero-order valence-electron chi connectivity index (χ0n) is 12.0. The van der Waals surface area contributed by atoms with Crippen molar-refractivity contribution in [3.8, 4) is 0 Å². The van der Waals surface area contributed by atoms with E-state index in [2.05, 4.69) is 42.5 Å². The van der Waals surface area contributed by atoms with Crippen molar-refractivity contribution in [2.24, 2.45) is 7.05 Å². The maximum Gasteiger partial charge on any atom is 0.127 e. The highest BCUT2D eigenvalue weighted by atomic mass is 35.5. The van der Waals surface area contributed by atoms with Gasteiger partial charge in [-0.05, 0) is 20.3 Å². The normalized spacial score (nSPS) is 10.3. The fourth-order valence-corrected chi connectivity index (χ4v) is 2.06. The Balaban J connectivity index is 0.00000180. The predicted octanol–water partition coefficient (Wildman–Crippen LogP) is 2.68. The summed E-state index contributed by atoms with van der Waals surface area (Å²) < 4.78 is 3.88. The molecule has 19 heavy (non-hydrogen) atoms. The lowest BCUT2D eigenvalue weighted by atomic mass is 10.2. The lowest BCUT2D eigenvalue weighted by Gasteiger charge is -2.07. The number of nitrogens with zero attached hydrogens (tertiary/aromatic N) is 4. The predicted molar refractivity (Wildman–Crippen MR) is 79.8 cm³/mol. The Kier molecular flexibility index (Phi) is 5.42. The number of hydrogen-bond acceptors (Lipinski definition) is 3. The van der Waals surface area contributed by atoms with E-state index < -0.39 is 0 Å². The maximum absolute atomic E-state index is 4.50. The number of anilines is 1. The topological polar surface area (TPSA) is 47.7 Å². The molecule has 106 valence electrons. The molecule has 2 aromatic heterocycles. The first kappa shape index (κ1) is 15.6. The number of hydrogen-bond donors (Lipinski definition) is 1.